The predicted molar refractivity (Wildman–Crippen MR) is 64.6 cm³/mol. The Bertz CT molecular complexity index is 540. The van der Waals surface area contributed by atoms with Crippen molar-refractivity contribution in [2.24, 2.45) is 0 Å². The molecule has 20 heavy (non-hydrogen) atoms. The number of amides is 1. The number of ketones is 1. The second-order valence-corrected chi connectivity index (χ2v) is 4.45. The topological polar surface area (TPSA) is 55.4 Å². The highest BCUT2D eigenvalue weighted by atomic mass is 19.4. The molecule has 0 aromatic heterocycles. The molecule has 4 nitrogen and oxygen atoms in total. The number of alkyl halides is 3. The van der Waals surface area contributed by atoms with Gasteiger partial charge in [0, 0.05) is 17.7 Å². The van der Waals surface area contributed by atoms with Crippen LogP contribution in [-0.2, 0) is 16.0 Å². The smallest absolute Gasteiger partial charge is 0.364 e. The zero-order valence-corrected chi connectivity index (χ0v) is 10.4. The maximum Gasteiger partial charge on any atom is 0.411 e. The number of benzene rings is 1. The molecule has 108 valence electrons. The summed E-state index contributed by atoms with van der Waals surface area (Å²) in [6.45, 7) is -2.07. The van der Waals surface area contributed by atoms with Crippen molar-refractivity contribution in [2.45, 2.75) is 19.0 Å². The molecule has 2 rings (SSSR count). The highest BCUT2D eigenvalue weighted by Crippen LogP contribution is 2.24. The molecule has 1 amide bonds. The molecule has 0 fully saturated rings. The number of hydrogen-bond acceptors (Lipinski definition) is 3. The molecule has 1 N–H and O–H groups in total. The molecular formula is C13H12F3NO3. The van der Waals surface area contributed by atoms with Crippen molar-refractivity contribution < 1.29 is 27.5 Å². The van der Waals surface area contributed by atoms with E-state index in [2.05, 4.69) is 10.1 Å². The van der Waals surface area contributed by atoms with Gasteiger partial charge in [-0.1, -0.05) is 0 Å². The Morgan fingerprint density at radius 1 is 1.30 bits per heavy atom. The van der Waals surface area contributed by atoms with Gasteiger partial charge in [-0.25, -0.2) is 0 Å². The minimum atomic E-state index is -4.44. The molecule has 1 aliphatic heterocycles. The molecule has 7 heteroatoms. The largest absolute Gasteiger partial charge is 0.411 e. The van der Waals surface area contributed by atoms with Crippen LogP contribution in [0.4, 0.5) is 18.9 Å². The van der Waals surface area contributed by atoms with Crippen molar-refractivity contribution in [1.29, 1.82) is 0 Å². The van der Waals surface area contributed by atoms with Crippen LogP contribution in [0.1, 0.15) is 22.3 Å². The number of carbonyl (C=O) groups excluding carboxylic acids is 2. The van der Waals surface area contributed by atoms with E-state index in [-0.39, 0.29) is 11.5 Å². The number of rotatable bonds is 4. The van der Waals surface area contributed by atoms with Crippen LogP contribution in [0.2, 0.25) is 0 Å². The van der Waals surface area contributed by atoms with Crippen LogP contribution in [0.5, 0.6) is 0 Å². The first-order chi connectivity index (χ1) is 9.35. The third-order valence-electron chi connectivity index (χ3n) is 2.82. The number of anilines is 1. The third-order valence-corrected chi connectivity index (χ3v) is 2.82. The number of nitrogens with one attached hydrogen (secondary N) is 1. The fourth-order valence-electron chi connectivity index (χ4n) is 1.90. The Hall–Kier alpha value is -1.89. The Kier molecular flexibility index (Phi) is 4.08. The lowest BCUT2D eigenvalue weighted by molar-refractivity contribution is -0.170. The first kappa shape index (κ1) is 14.5. The van der Waals surface area contributed by atoms with Crippen molar-refractivity contribution in [3.63, 3.8) is 0 Å². The Morgan fingerprint density at radius 3 is 2.75 bits per heavy atom. The van der Waals surface area contributed by atoms with E-state index in [4.69, 9.17) is 0 Å². The number of ether oxygens (including phenoxy) is 1. The Labute approximate surface area is 112 Å². The number of halogens is 3. The van der Waals surface area contributed by atoms with Crippen LogP contribution in [0.15, 0.2) is 18.2 Å². The minimum Gasteiger partial charge on any atom is -0.364 e. The number of hydrogen-bond donors (Lipinski definition) is 1. The van der Waals surface area contributed by atoms with Crippen molar-refractivity contribution in [2.75, 3.05) is 18.5 Å². The van der Waals surface area contributed by atoms with Crippen molar-refractivity contribution in [3.8, 4) is 0 Å². The van der Waals surface area contributed by atoms with Gasteiger partial charge < -0.3 is 10.1 Å². The number of fused-ring (bicyclic) bond motifs is 1. The van der Waals surface area contributed by atoms with E-state index < -0.39 is 25.2 Å². The lowest BCUT2D eigenvalue weighted by Crippen LogP contribution is -2.21. The summed E-state index contributed by atoms with van der Waals surface area (Å²) < 4.78 is 40.0. The van der Waals surface area contributed by atoms with Crippen LogP contribution >= 0.6 is 0 Å². The summed E-state index contributed by atoms with van der Waals surface area (Å²) in [7, 11) is 0. The van der Waals surface area contributed by atoms with Crippen LogP contribution in [0.25, 0.3) is 0 Å². The molecule has 0 aliphatic carbocycles. The number of aryl methyl sites for hydroxylation is 1. The van der Waals surface area contributed by atoms with Gasteiger partial charge in [-0.2, -0.15) is 13.2 Å². The van der Waals surface area contributed by atoms with Gasteiger partial charge in [0.15, 0.2) is 5.78 Å². The molecule has 1 heterocycles. The van der Waals surface area contributed by atoms with E-state index in [9.17, 15) is 22.8 Å². The first-order valence-electron chi connectivity index (χ1n) is 5.95. The lowest BCUT2D eigenvalue weighted by Gasteiger charge is -2.17. The first-order valence-corrected chi connectivity index (χ1v) is 5.95. The highest BCUT2D eigenvalue weighted by Gasteiger charge is 2.28. The van der Waals surface area contributed by atoms with E-state index in [1.54, 1.807) is 12.1 Å². The zero-order valence-electron chi connectivity index (χ0n) is 10.4. The monoisotopic (exact) mass is 287 g/mol. The van der Waals surface area contributed by atoms with Crippen LogP contribution < -0.4 is 5.32 Å². The SMILES string of the molecule is O=C1CCc2cc(C(=O)COCC(F)(F)F)ccc2N1. The molecule has 0 spiro atoms. The van der Waals surface area contributed by atoms with Gasteiger partial charge in [0.1, 0.15) is 13.2 Å². The van der Waals surface area contributed by atoms with E-state index >= 15 is 0 Å². The minimum absolute atomic E-state index is 0.0925. The normalized spacial score (nSPS) is 14.7. The van der Waals surface area contributed by atoms with Gasteiger partial charge in [0.25, 0.3) is 0 Å². The third kappa shape index (κ3) is 3.80. The van der Waals surface area contributed by atoms with E-state index in [0.29, 0.717) is 18.5 Å². The van der Waals surface area contributed by atoms with Gasteiger partial charge in [-0.15, -0.1) is 0 Å². The maximum atomic E-state index is 11.9. The van der Waals surface area contributed by atoms with Crippen molar-refractivity contribution in [3.05, 3.63) is 29.3 Å². The molecule has 0 bridgehead atoms. The predicted octanol–water partition coefficient (Wildman–Crippen LogP) is 2.33. The molecular weight excluding hydrogens is 275 g/mol. The van der Waals surface area contributed by atoms with Gasteiger partial charge in [-0.3, -0.25) is 9.59 Å². The van der Waals surface area contributed by atoms with E-state index in [1.165, 1.54) is 6.07 Å². The van der Waals surface area contributed by atoms with Crippen molar-refractivity contribution in [1.82, 2.24) is 0 Å². The fraction of sp³-hybridized carbons (Fsp3) is 0.385. The summed E-state index contributed by atoms with van der Waals surface area (Å²) in [5.41, 5.74) is 1.71. The van der Waals surface area contributed by atoms with Gasteiger partial charge in [0.05, 0.1) is 0 Å². The Morgan fingerprint density at radius 2 is 2.05 bits per heavy atom. The summed E-state index contributed by atoms with van der Waals surface area (Å²) in [5, 5.41) is 2.66. The van der Waals surface area contributed by atoms with Crippen LogP contribution in [0.3, 0.4) is 0 Å². The fourth-order valence-corrected chi connectivity index (χ4v) is 1.90. The van der Waals surface area contributed by atoms with Crippen LogP contribution in [-0.4, -0.2) is 31.1 Å². The number of Topliss-reactive ketones (excluding diaryl/α,β-unsaturated/α-hetero) is 1. The van der Waals surface area contributed by atoms with Gasteiger partial charge in [0.2, 0.25) is 5.91 Å². The zero-order chi connectivity index (χ0) is 14.8. The summed E-state index contributed by atoms with van der Waals surface area (Å²) in [4.78, 5) is 22.9. The molecule has 1 aromatic carbocycles. The second kappa shape index (κ2) is 5.62. The molecule has 1 aliphatic rings. The molecule has 0 saturated carbocycles. The summed E-state index contributed by atoms with van der Waals surface area (Å²) in [6, 6.07) is 4.61. The summed E-state index contributed by atoms with van der Waals surface area (Å²) in [6.07, 6.45) is -3.61. The second-order valence-electron chi connectivity index (χ2n) is 4.45. The standard InChI is InChI=1S/C13H12F3NO3/c14-13(15,16)7-20-6-11(18)9-1-3-10-8(5-9)2-4-12(19)17-10/h1,3,5H,2,4,6-7H2,(H,17,19). The van der Waals surface area contributed by atoms with Gasteiger partial charge in [-0.05, 0) is 30.2 Å². The van der Waals surface area contributed by atoms with Crippen LogP contribution in [0, 0.1) is 0 Å². The molecule has 0 saturated heterocycles. The Balaban J connectivity index is 1.99. The molecule has 0 unspecified atom stereocenters. The van der Waals surface area contributed by atoms with E-state index in [0.717, 1.165) is 5.56 Å². The van der Waals surface area contributed by atoms with Gasteiger partial charge >= 0.3 is 6.18 Å². The quantitative estimate of drug-likeness (QED) is 0.865. The summed E-state index contributed by atoms with van der Waals surface area (Å²) >= 11 is 0. The number of carbonyl (C=O) groups is 2. The molecule has 0 radical (unpaired) electrons. The maximum absolute atomic E-state index is 11.9. The molecule has 0 atom stereocenters. The highest BCUT2D eigenvalue weighted by molar-refractivity contribution is 5.99. The average molecular weight is 287 g/mol. The summed E-state index contributed by atoms with van der Waals surface area (Å²) in [5.74, 6) is -0.612. The molecule has 1 aromatic rings. The average Bonchev–Trinajstić information content (AvgIpc) is 2.36. The van der Waals surface area contributed by atoms with E-state index in [1.807, 2.05) is 0 Å². The lowest BCUT2D eigenvalue weighted by atomic mass is 9.99. The van der Waals surface area contributed by atoms with Crippen molar-refractivity contribution >= 4 is 17.4 Å².